The number of ether oxygens (including phenoxy) is 1. The molecule has 100 valence electrons. The van der Waals surface area contributed by atoms with Crippen molar-refractivity contribution in [2.75, 3.05) is 13.2 Å². The van der Waals surface area contributed by atoms with Crippen molar-refractivity contribution in [2.24, 2.45) is 0 Å². The summed E-state index contributed by atoms with van der Waals surface area (Å²) in [5, 5.41) is 3.35. The summed E-state index contributed by atoms with van der Waals surface area (Å²) in [7, 11) is 0. The molecule has 0 spiro atoms. The summed E-state index contributed by atoms with van der Waals surface area (Å²) in [4.78, 5) is 13.8. The van der Waals surface area contributed by atoms with Crippen LogP contribution in [0.5, 0.6) is 0 Å². The summed E-state index contributed by atoms with van der Waals surface area (Å²) in [5.74, 6) is 0.495. The van der Waals surface area contributed by atoms with Crippen molar-refractivity contribution in [3.63, 3.8) is 0 Å². The quantitative estimate of drug-likeness (QED) is 0.671. The fourth-order valence-electron chi connectivity index (χ4n) is 2.25. The molecule has 0 saturated carbocycles. The zero-order valence-corrected chi connectivity index (χ0v) is 11.1. The first-order valence-corrected chi connectivity index (χ1v) is 6.64. The molecule has 1 aromatic heterocycles. The van der Waals surface area contributed by atoms with E-state index in [0.717, 1.165) is 19.4 Å². The van der Waals surface area contributed by atoms with Crippen LogP contribution in [0.4, 0.5) is 0 Å². The number of carbonyl (C=O) groups is 1. The van der Waals surface area contributed by atoms with Crippen LogP contribution < -0.4 is 5.32 Å². The van der Waals surface area contributed by atoms with Crippen LogP contribution in [0, 0.1) is 0 Å². The first kappa shape index (κ1) is 12.4. The zero-order chi connectivity index (χ0) is 13.2. The Bertz CT molecular complexity index is 518. The summed E-state index contributed by atoms with van der Waals surface area (Å²) in [6, 6.07) is 3.56. The molecule has 2 aliphatic heterocycles. The number of amides is 1. The zero-order valence-electron chi connectivity index (χ0n) is 10.3. The van der Waals surface area contributed by atoms with Crippen molar-refractivity contribution in [1.29, 1.82) is 0 Å². The molecule has 0 bridgehead atoms. The van der Waals surface area contributed by atoms with Crippen molar-refractivity contribution < 1.29 is 13.9 Å². The molecule has 0 unspecified atom stereocenters. The molecule has 0 aromatic carbocycles. The molecule has 1 N–H and O–H groups in total. The molecule has 0 radical (unpaired) electrons. The Hall–Kier alpha value is -1.66. The highest BCUT2D eigenvalue weighted by Crippen LogP contribution is 2.19. The maximum absolute atomic E-state index is 12.2. The molecule has 0 aliphatic carbocycles. The van der Waals surface area contributed by atoms with Gasteiger partial charge in [0.2, 0.25) is 0 Å². The Kier molecular flexibility index (Phi) is 3.35. The summed E-state index contributed by atoms with van der Waals surface area (Å²) >= 11 is 5.19. The first-order chi connectivity index (χ1) is 9.24. The minimum atomic E-state index is -0.128. The van der Waals surface area contributed by atoms with Gasteiger partial charge in [-0.25, -0.2) is 0 Å². The number of rotatable bonds is 3. The fourth-order valence-corrected chi connectivity index (χ4v) is 2.51. The Balaban J connectivity index is 1.73. The molecular weight excluding hydrogens is 264 g/mol. The Morgan fingerprint density at radius 2 is 2.47 bits per heavy atom. The van der Waals surface area contributed by atoms with Gasteiger partial charge in [-0.15, -0.1) is 0 Å². The second kappa shape index (κ2) is 5.14. The second-order valence-electron chi connectivity index (χ2n) is 4.55. The maximum Gasteiger partial charge on any atom is 0.276 e. The van der Waals surface area contributed by atoms with E-state index in [9.17, 15) is 4.79 Å². The topological polar surface area (TPSA) is 54.7 Å². The van der Waals surface area contributed by atoms with Gasteiger partial charge in [-0.2, -0.15) is 0 Å². The molecule has 2 fully saturated rings. The van der Waals surface area contributed by atoms with Gasteiger partial charge in [0, 0.05) is 12.7 Å². The summed E-state index contributed by atoms with van der Waals surface area (Å²) in [6.07, 6.45) is 5.33. The van der Waals surface area contributed by atoms with Crippen molar-refractivity contribution in [3.05, 3.63) is 29.9 Å². The number of hydrogen-bond acceptors (Lipinski definition) is 4. The second-order valence-corrected chi connectivity index (χ2v) is 4.94. The van der Waals surface area contributed by atoms with Crippen molar-refractivity contribution in [1.82, 2.24) is 10.2 Å². The van der Waals surface area contributed by atoms with E-state index in [1.165, 1.54) is 0 Å². The Morgan fingerprint density at radius 1 is 1.58 bits per heavy atom. The van der Waals surface area contributed by atoms with Crippen LogP contribution in [0.3, 0.4) is 0 Å². The lowest BCUT2D eigenvalue weighted by Crippen LogP contribution is -2.37. The molecule has 6 heteroatoms. The predicted octanol–water partition coefficient (Wildman–Crippen LogP) is 1.52. The average Bonchev–Trinajstić information content (AvgIpc) is 3.10. The molecule has 1 amide bonds. The van der Waals surface area contributed by atoms with E-state index >= 15 is 0 Å². The van der Waals surface area contributed by atoms with Crippen LogP contribution in [0.25, 0.3) is 6.08 Å². The predicted molar refractivity (Wildman–Crippen MR) is 73.1 cm³/mol. The number of hydrogen-bond donors (Lipinski definition) is 1. The van der Waals surface area contributed by atoms with E-state index in [-0.39, 0.29) is 12.0 Å². The third kappa shape index (κ3) is 2.54. The van der Waals surface area contributed by atoms with Crippen LogP contribution in [-0.4, -0.2) is 35.2 Å². The van der Waals surface area contributed by atoms with Crippen molar-refractivity contribution in [3.8, 4) is 0 Å². The first-order valence-electron chi connectivity index (χ1n) is 6.24. The molecule has 2 aliphatic rings. The molecule has 1 aromatic rings. The highest BCUT2D eigenvalue weighted by Gasteiger charge is 2.33. The van der Waals surface area contributed by atoms with E-state index < -0.39 is 0 Å². The van der Waals surface area contributed by atoms with E-state index in [4.69, 9.17) is 21.4 Å². The van der Waals surface area contributed by atoms with Gasteiger partial charge in [0.05, 0.1) is 18.9 Å². The lowest BCUT2D eigenvalue weighted by atomic mass is 10.2. The minimum absolute atomic E-state index is 0.0895. The molecule has 3 rings (SSSR count). The van der Waals surface area contributed by atoms with Crippen LogP contribution in [0.1, 0.15) is 18.6 Å². The van der Waals surface area contributed by atoms with Gasteiger partial charge >= 0.3 is 0 Å². The number of nitrogens with zero attached hydrogens (tertiary/aromatic N) is 1. The van der Waals surface area contributed by atoms with Gasteiger partial charge in [-0.05, 0) is 37.2 Å². The van der Waals surface area contributed by atoms with E-state index in [1.54, 1.807) is 29.4 Å². The van der Waals surface area contributed by atoms with Crippen LogP contribution >= 0.6 is 12.2 Å². The Morgan fingerprint density at radius 3 is 3.16 bits per heavy atom. The number of nitrogens with one attached hydrogen (secondary N) is 1. The molecule has 19 heavy (non-hydrogen) atoms. The summed E-state index contributed by atoms with van der Waals surface area (Å²) < 4.78 is 10.7. The SMILES string of the molecule is O=C1/C(=C/c2ccco2)NC(=S)N1C[C@@H]1CCCO1. The average molecular weight is 278 g/mol. The molecule has 3 heterocycles. The molecular formula is C13H14N2O3S. The monoisotopic (exact) mass is 278 g/mol. The van der Waals surface area contributed by atoms with Gasteiger partial charge in [-0.1, -0.05) is 0 Å². The Labute approximate surface area is 116 Å². The van der Waals surface area contributed by atoms with Gasteiger partial charge in [0.25, 0.3) is 5.91 Å². The van der Waals surface area contributed by atoms with Crippen LogP contribution in [0.15, 0.2) is 28.5 Å². The largest absolute Gasteiger partial charge is 0.465 e. The van der Waals surface area contributed by atoms with Crippen LogP contribution in [-0.2, 0) is 9.53 Å². The molecule has 5 nitrogen and oxygen atoms in total. The van der Waals surface area contributed by atoms with Crippen LogP contribution in [0.2, 0.25) is 0 Å². The number of thiocarbonyl (C=S) groups is 1. The van der Waals surface area contributed by atoms with Gasteiger partial charge in [-0.3, -0.25) is 9.69 Å². The van der Waals surface area contributed by atoms with Crippen molar-refractivity contribution >= 4 is 29.3 Å². The van der Waals surface area contributed by atoms with E-state index in [2.05, 4.69) is 5.32 Å². The highest BCUT2D eigenvalue weighted by atomic mass is 32.1. The molecule has 1 atom stereocenters. The number of carbonyl (C=O) groups excluding carboxylic acids is 1. The number of furan rings is 1. The van der Waals surface area contributed by atoms with E-state index in [1.807, 2.05) is 0 Å². The molecule has 2 saturated heterocycles. The lowest BCUT2D eigenvalue weighted by Gasteiger charge is -2.18. The standard InChI is InChI=1S/C13H14N2O3S/c16-12-11(7-9-3-1-5-17-9)14-13(19)15(12)8-10-4-2-6-18-10/h1,3,5,7,10H,2,4,6,8H2,(H,14,19)/b11-7-/t10-/m0/s1. The summed E-state index contributed by atoms with van der Waals surface area (Å²) in [6.45, 7) is 1.28. The van der Waals surface area contributed by atoms with Gasteiger partial charge in [0.1, 0.15) is 11.5 Å². The highest BCUT2D eigenvalue weighted by molar-refractivity contribution is 7.80. The van der Waals surface area contributed by atoms with Gasteiger partial charge < -0.3 is 14.5 Å². The maximum atomic E-state index is 12.2. The third-order valence-corrected chi connectivity index (χ3v) is 3.52. The van der Waals surface area contributed by atoms with Gasteiger partial charge in [0.15, 0.2) is 5.11 Å². The smallest absolute Gasteiger partial charge is 0.276 e. The minimum Gasteiger partial charge on any atom is -0.465 e. The normalized spacial score (nSPS) is 25.4. The fraction of sp³-hybridized carbons (Fsp3) is 0.385. The third-order valence-electron chi connectivity index (χ3n) is 3.20. The van der Waals surface area contributed by atoms with Crippen molar-refractivity contribution in [2.45, 2.75) is 18.9 Å². The van der Waals surface area contributed by atoms with E-state index in [0.29, 0.717) is 23.1 Å². The summed E-state index contributed by atoms with van der Waals surface area (Å²) in [5.41, 5.74) is 0.443. The lowest BCUT2D eigenvalue weighted by molar-refractivity contribution is -0.123.